The monoisotopic (exact) mass is 262 g/mol. The van der Waals surface area contributed by atoms with Gasteiger partial charge in [-0.3, -0.25) is 4.79 Å². The van der Waals surface area contributed by atoms with Crippen molar-refractivity contribution in [3.8, 4) is 0 Å². The second kappa shape index (κ2) is 4.37. The third-order valence-electron chi connectivity index (χ3n) is 4.28. The van der Waals surface area contributed by atoms with Gasteiger partial charge in [-0.25, -0.2) is 4.79 Å². The first-order valence-electron chi connectivity index (χ1n) is 6.20. The summed E-state index contributed by atoms with van der Waals surface area (Å²) in [5.74, 6) is -0.755. The van der Waals surface area contributed by atoms with Crippen molar-refractivity contribution in [2.45, 2.75) is 26.9 Å². The fourth-order valence-electron chi connectivity index (χ4n) is 2.52. The third-order valence-corrected chi connectivity index (χ3v) is 4.28. The number of rotatable bonds is 3. The molecule has 0 bridgehead atoms. The zero-order valence-corrected chi connectivity index (χ0v) is 11.6. The molecule has 0 radical (unpaired) electrons. The van der Waals surface area contributed by atoms with Crippen molar-refractivity contribution in [3.63, 3.8) is 0 Å². The molecule has 0 aliphatic heterocycles. The molecule has 0 N–H and O–H groups in total. The standard InChI is InChI=1S/C15H18O4/c1-14(2)12(15(14,3)13(17)18-4)19-11(16)10-8-6-5-7-9-10/h5-9,12H,1-4H3. The number of hydrogen-bond donors (Lipinski definition) is 0. The molecular formula is C15H18O4. The molecule has 0 spiro atoms. The van der Waals surface area contributed by atoms with Crippen LogP contribution < -0.4 is 0 Å². The largest absolute Gasteiger partial charge is 0.468 e. The number of carbonyl (C=O) groups excluding carboxylic acids is 2. The second-order valence-electron chi connectivity index (χ2n) is 5.57. The number of esters is 2. The minimum Gasteiger partial charge on any atom is -0.468 e. The van der Waals surface area contributed by atoms with Gasteiger partial charge in [-0.15, -0.1) is 0 Å². The van der Waals surface area contributed by atoms with Crippen molar-refractivity contribution >= 4 is 11.9 Å². The minimum absolute atomic E-state index is 0.344. The Balaban J connectivity index is 2.13. The molecule has 0 saturated heterocycles. The van der Waals surface area contributed by atoms with Crippen molar-refractivity contribution in [1.82, 2.24) is 0 Å². The summed E-state index contributed by atoms with van der Waals surface area (Å²) in [6, 6.07) is 8.75. The van der Waals surface area contributed by atoms with Crippen LogP contribution in [-0.2, 0) is 14.3 Å². The summed E-state index contributed by atoms with van der Waals surface area (Å²) in [6.07, 6.45) is -0.458. The maximum atomic E-state index is 12.0. The molecule has 1 aromatic rings. The Morgan fingerprint density at radius 2 is 1.68 bits per heavy atom. The van der Waals surface area contributed by atoms with Crippen LogP contribution in [0, 0.1) is 10.8 Å². The third kappa shape index (κ3) is 1.91. The molecule has 1 fully saturated rings. The molecule has 1 aromatic carbocycles. The van der Waals surface area contributed by atoms with Crippen molar-refractivity contribution in [1.29, 1.82) is 0 Å². The molecule has 4 heteroatoms. The molecule has 19 heavy (non-hydrogen) atoms. The zero-order chi connectivity index (χ0) is 14.3. The molecule has 0 aromatic heterocycles. The highest BCUT2D eigenvalue weighted by atomic mass is 16.6. The molecule has 4 nitrogen and oxygen atoms in total. The number of carbonyl (C=O) groups is 2. The van der Waals surface area contributed by atoms with Gasteiger partial charge in [-0.1, -0.05) is 32.0 Å². The van der Waals surface area contributed by atoms with E-state index >= 15 is 0 Å². The lowest BCUT2D eigenvalue weighted by atomic mass is 9.99. The van der Waals surface area contributed by atoms with Crippen molar-refractivity contribution < 1.29 is 19.1 Å². The lowest BCUT2D eigenvalue weighted by Gasteiger charge is -2.09. The summed E-state index contributed by atoms with van der Waals surface area (Å²) < 4.78 is 10.3. The van der Waals surface area contributed by atoms with E-state index < -0.39 is 22.9 Å². The summed E-state index contributed by atoms with van der Waals surface area (Å²) in [6.45, 7) is 5.56. The van der Waals surface area contributed by atoms with Crippen molar-refractivity contribution in [2.75, 3.05) is 7.11 Å². The quantitative estimate of drug-likeness (QED) is 0.785. The van der Waals surface area contributed by atoms with Gasteiger partial charge in [0, 0.05) is 5.41 Å². The van der Waals surface area contributed by atoms with E-state index in [2.05, 4.69) is 0 Å². The minimum atomic E-state index is -0.772. The van der Waals surface area contributed by atoms with Gasteiger partial charge in [0.25, 0.3) is 0 Å². The van der Waals surface area contributed by atoms with Gasteiger partial charge in [-0.2, -0.15) is 0 Å². The molecule has 2 rings (SSSR count). The SMILES string of the molecule is COC(=O)C1(C)C(OC(=O)c2ccccc2)C1(C)C. The van der Waals surface area contributed by atoms with Crippen LogP contribution in [-0.4, -0.2) is 25.2 Å². The first-order chi connectivity index (χ1) is 8.85. The van der Waals surface area contributed by atoms with E-state index in [1.54, 1.807) is 31.2 Å². The Bertz CT molecular complexity index is 506. The van der Waals surface area contributed by atoms with Crippen LogP contribution in [0.3, 0.4) is 0 Å². The van der Waals surface area contributed by atoms with E-state index in [1.165, 1.54) is 7.11 Å². The lowest BCUT2D eigenvalue weighted by molar-refractivity contribution is -0.148. The normalized spacial score (nSPS) is 27.5. The van der Waals surface area contributed by atoms with E-state index in [-0.39, 0.29) is 5.97 Å². The number of benzene rings is 1. The molecule has 2 unspecified atom stereocenters. The Labute approximate surface area is 112 Å². The van der Waals surface area contributed by atoms with Gasteiger partial charge in [-0.05, 0) is 19.1 Å². The molecule has 0 heterocycles. The van der Waals surface area contributed by atoms with E-state index in [0.717, 1.165) is 0 Å². The van der Waals surface area contributed by atoms with Gasteiger partial charge < -0.3 is 9.47 Å². The molecule has 102 valence electrons. The summed E-state index contributed by atoms with van der Waals surface area (Å²) in [4.78, 5) is 23.8. The van der Waals surface area contributed by atoms with Crippen LogP contribution >= 0.6 is 0 Å². The smallest absolute Gasteiger partial charge is 0.338 e. The average molecular weight is 262 g/mol. The van der Waals surface area contributed by atoms with Crippen LogP contribution in [0.25, 0.3) is 0 Å². The lowest BCUT2D eigenvalue weighted by Crippen LogP contribution is -2.22. The van der Waals surface area contributed by atoms with Crippen LogP contribution in [0.15, 0.2) is 30.3 Å². The van der Waals surface area contributed by atoms with Crippen molar-refractivity contribution in [2.24, 2.45) is 10.8 Å². The fraction of sp³-hybridized carbons (Fsp3) is 0.467. The van der Waals surface area contributed by atoms with Crippen LogP contribution in [0.5, 0.6) is 0 Å². The Kier molecular flexibility index (Phi) is 3.12. The summed E-state index contributed by atoms with van der Waals surface area (Å²) in [5.41, 5.74) is -0.700. The average Bonchev–Trinajstić information content (AvgIpc) is 2.85. The first-order valence-corrected chi connectivity index (χ1v) is 6.20. The summed E-state index contributed by atoms with van der Waals surface area (Å²) >= 11 is 0. The highest BCUT2D eigenvalue weighted by molar-refractivity contribution is 5.91. The van der Waals surface area contributed by atoms with Crippen LogP contribution in [0.4, 0.5) is 0 Å². The predicted molar refractivity (Wildman–Crippen MR) is 69.5 cm³/mol. The van der Waals surface area contributed by atoms with E-state index in [1.807, 2.05) is 19.9 Å². The number of ether oxygens (including phenoxy) is 2. The zero-order valence-electron chi connectivity index (χ0n) is 11.6. The molecular weight excluding hydrogens is 244 g/mol. The second-order valence-corrected chi connectivity index (χ2v) is 5.57. The first kappa shape index (κ1) is 13.6. The maximum Gasteiger partial charge on any atom is 0.338 e. The Morgan fingerprint density at radius 3 is 2.21 bits per heavy atom. The fourth-order valence-corrected chi connectivity index (χ4v) is 2.52. The van der Waals surface area contributed by atoms with Crippen molar-refractivity contribution in [3.05, 3.63) is 35.9 Å². The molecule has 1 aliphatic rings. The highest BCUT2D eigenvalue weighted by Crippen LogP contribution is 2.65. The maximum absolute atomic E-state index is 12.0. The number of hydrogen-bond acceptors (Lipinski definition) is 4. The van der Waals surface area contributed by atoms with Gasteiger partial charge in [0.15, 0.2) is 0 Å². The Morgan fingerprint density at radius 1 is 1.11 bits per heavy atom. The van der Waals surface area contributed by atoms with Gasteiger partial charge in [0.1, 0.15) is 11.5 Å². The number of methoxy groups -OCH3 is 1. The van der Waals surface area contributed by atoms with E-state index in [0.29, 0.717) is 5.56 Å². The van der Waals surface area contributed by atoms with E-state index in [4.69, 9.17) is 9.47 Å². The summed E-state index contributed by atoms with van der Waals surface area (Å²) in [7, 11) is 1.35. The highest BCUT2D eigenvalue weighted by Gasteiger charge is 2.76. The van der Waals surface area contributed by atoms with Gasteiger partial charge >= 0.3 is 11.9 Å². The van der Waals surface area contributed by atoms with Gasteiger partial charge in [0.2, 0.25) is 0 Å². The van der Waals surface area contributed by atoms with Crippen LogP contribution in [0.2, 0.25) is 0 Å². The Hall–Kier alpha value is -1.84. The topological polar surface area (TPSA) is 52.6 Å². The van der Waals surface area contributed by atoms with Gasteiger partial charge in [0.05, 0.1) is 12.7 Å². The summed E-state index contributed by atoms with van der Waals surface area (Å²) in [5, 5.41) is 0. The van der Waals surface area contributed by atoms with Crippen LogP contribution in [0.1, 0.15) is 31.1 Å². The molecule has 1 aliphatic carbocycles. The predicted octanol–water partition coefficient (Wildman–Crippen LogP) is 2.43. The molecule has 1 saturated carbocycles. The molecule has 0 amide bonds. The van der Waals surface area contributed by atoms with E-state index in [9.17, 15) is 9.59 Å². The molecule has 2 atom stereocenters.